The Kier molecular flexibility index (Phi) is 5.56. The molecule has 0 amide bonds. The minimum absolute atomic E-state index is 0.227. The molecular weight excluding hydrogens is 454 g/mol. The molecule has 4 aromatic rings. The molecule has 0 radical (unpaired) electrons. The molecule has 6 nitrogen and oxygen atoms in total. The number of rotatable bonds is 2. The van der Waals surface area contributed by atoms with Gasteiger partial charge in [0.15, 0.2) is 0 Å². The summed E-state index contributed by atoms with van der Waals surface area (Å²) in [7, 11) is 1.34. The number of hydrogen-bond donors (Lipinski definition) is 1. The van der Waals surface area contributed by atoms with Crippen LogP contribution < -0.4 is 0 Å². The lowest BCUT2D eigenvalue weighted by Crippen LogP contribution is -2.01. The molecule has 0 fully saturated rings. The van der Waals surface area contributed by atoms with Crippen molar-refractivity contribution in [1.82, 2.24) is 9.97 Å². The van der Waals surface area contributed by atoms with Gasteiger partial charge in [-0.15, -0.1) is 0 Å². The Morgan fingerprint density at radius 1 is 0.771 bits per heavy atom. The zero-order valence-corrected chi connectivity index (χ0v) is 18.5. The quantitative estimate of drug-likeness (QED) is 0.280. The van der Waals surface area contributed by atoms with Crippen molar-refractivity contribution < 1.29 is 28.2 Å². The van der Waals surface area contributed by atoms with E-state index in [0.717, 1.165) is 33.4 Å². The lowest BCUT2D eigenvalue weighted by atomic mass is 10.0. The predicted octanol–water partition coefficient (Wildman–Crippen LogP) is 5.07. The average Bonchev–Trinajstić information content (AvgIpc) is 3.43. The zero-order chi connectivity index (χ0) is 24.7. The third-order valence-electron chi connectivity index (χ3n) is 6.20. The van der Waals surface area contributed by atoms with Crippen molar-refractivity contribution in [3.05, 3.63) is 106 Å². The molecule has 35 heavy (non-hydrogen) atoms. The predicted molar refractivity (Wildman–Crippen MR) is 123 cm³/mol. The number of aromatic nitrogens is 2. The van der Waals surface area contributed by atoms with Crippen molar-refractivity contribution in [2.45, 2.75) is 12.8 Å². The van der Waals surface area contributed by atoms with Crippen molar-refractivity contribution >= 4 is 11.9 Å². The molecule has 0 unspecified atom stereocenters. The Bertz CT molecular complexity index is 1520. The number of carbonyl (C=O) groups is 2. The van der Waals surface area contributed by atoms with Gasteiger partial charge in [-0.1, -0.05) is 12.1 Å². The van der Waals surface area contributed by atoms with Crippen molar-refractivity contribution in [2.75, 3.05) is 7.11 Å². The second-order valence-electron chi connectivity index (χ2n) is 8.15. The first-order valence-corrected chi connectivity index (χ1v) is 10.7. The molecule has 8 heteroatoms. The summed E-state index contributed by atoms with van der Waals surface area (Å²) in [5, 5.41) is 8.90. The van der Waals surface area contributed by atoms with Gasteiger partial charge in [0.1, 0.15) is 0 Å². The number of aromatic carboxylic acids is 1. The van der Waals surface area contributed by atoms with Gasteiger partial charge in [0, 0.05) is 36.4 Å². The van der Waals surface area contributed by atoms with Crippen LogP contribution in [0, 0.1) is 11.9 Å². The van der Waals surface area contributed by atoms with Crippen LogP contribution in [0.5, 0.6) is 0 Å². The molecule has 0 atom stereocenters. The van der Waals surface area contributed by atoms with Gasteiger partial charge in [-0.3, -0.25) is 0 Å². The molecular formula is C27H18F2N2O4. The van der Waals surface area contributed by atoms with Gasteiger partial charge >= 0.3 is 11.9 Å². The maximum absolute atomic E-state index is 13.6. The van der Waals surface area contributed by atoms with E-state index in [1.807, 2.05) is 6.07 Å². The number of methoxy groups -OCH3 is 1. The number of esters is 1. The summed E-state index contributed by atoms with van der Waals surface area (Å²) < 4.78 is 31.7. The van der Waals surface area contributed by atoms with Gasteiger partial charge in [0.2, 0.25) is 11.9 Å². The Morgan fingerprint density at radius 3 is 1.74 bits per heavy atom. The number of carbonyl (C=O) groups excluding carboxylic acids is 1. The monoisotopic (exact) mass is 472 g/mol. The number of nitrogens with zero attached hydrogens (tertiary/aromatic N) is 2. The van der Waals surface area contributed by atoms with Crippen LogP contribution in [0.3, 0.4) is 0 Å². The number of benzene rings is 2. The summed E-state index contributed by atoms with van der Waals surface area (Å²) in [6.07, 6.45) is 3.76. The van der Waals surface area contributed by atoms with Gasteiger partial charge in [0.25, 0.3) is 0 Å². The second-order valence-corrected chi connectivity index (χ2v) is 8.15. The van der Waals surface area contributed by atoms with Crippen LogP contribution in [0.2, 0.25) is 0 Å². The Hall–Kier alpha value is -4.46. The lowest BCUT2D eigenvalue weighted by molar-refractivity contribution is 0.0599. The summed E-state index contributed by atoms with van der Waals surface area (Å²) in [4.78, 5) is 29.6. The van der Waals surface area contributed by atoms with Crippen LogP contribution in [0.1, 0.15) is 43.0 Å². The summed E-state index contributed by atoms with van der Waals surface area (Å²) in [6.45, 7) is 0. The molecule has 0 aliphatic heterocycles. The molecule has 2 heterocycles. The summed E-state index contributed by atoms with van der Waals surface area (Å²) in [5.41, 5.74) is 7.14. The normalized spacial score (nSPS) is 12.0. The van der Waals surface area contributed by atoms with E-state index in [1.165, 1.54) is 25.6 Å². The Morgan fingerprint density at radius 2 is 1.26 bits per heavy atom. The molecule has 2 aromatic heterocycles. The molecule has 0 spiro atoms. The fraction of sp³-hybridized carbons (Fsp3) is 0.111. The molecule has 2 aliphatic rings. The van der Waals surface area contributed by atoms with Crippen LogP contribution >= 0.6 is 0 Å². The van der Waals surface area contributed by atoms with E-state index in [9.17, 15) is 18.4 Å². The molecule has 2 aliphatic carbocycles. The van der Waals surface area contributed by atoms with Crippen molar-refractivity contribution in [3.8, 4) is 22.3 Å². The van der Waals surface area contributed by atoms with Gasteiger partial charge in [-0.05, 0) is 69.8 Å². The number of ether oxygens (including phenoxy) is 1. The number of carboxylic acid groups (broad SMARTS) is 1. The van der Waals surface area contributed by atoms with Crippen molar-refractivity contribution in [3.63, 3.8) is 0 Å². The van der Waals surface area contributed by atoms with Gasteiger partial charge in [0.05, 0.1) is 18.2 Å². The van der Waals surface area contributed by atoms with Gasteiger partial charge in [-0.25, -0.2) is 19.6 Å². The van der Waals surface area contributed by atoms with Crippen molar-refractivity contribution in [2.24, 2.45) is 0 Å². The zero-order valence-electron chi connectivity index (χ0n) is 18.5. The molecule has 2 aromatic carbocycles. The summed E-state index contributed by atoms with van der Waals surface area (Å²) >= 11 is 0. The minimum Gasteiger partial charge on any atom is -0.478 e. The minimum atomic E-state index is -0.970. The van der Waals surface area contributed by atoms with Crippen LogP contribution in [-0.4, -0.2) is 34.1 Å². The smallest absolute Gasteiger partial charge is 0.337 e. The first-order valence-electron chi connectivity index (χ1n) is 10.7. The van der Waals surface area contributed by atoms with E-state index in [-0.39, 0.29) is 11.5 Å². The standard InChI is InChI=1S/C14H10FNO2.C13H8FNO2/c1-18-14(17)8-2-3-10-9(6-8)7-12-11(10)4-5-16-13(12)15;14-12-11-6-8-5-7(13(16)17)1-2-9(8)10(11)3-4-15-12/h2-6H,7H2,1H3;1-5H,6H2,(H,16,17). The fourth-order valence-electron chi connectivity index (χ4n) is 4.54. The SMILES string of the molecule is COC(=O)c1ccc2c(c1)Cc1c-2ccnc1F.O=C(O)c1ccc2c(c1)Cc1c-2ccnc1F. The number of fused-ring (bicyclic) bond motifs is 6. The van der Waals surface area contributed by atoms with Crippen LogP contribution in [0.15, 0.2) is 60.9 Å². The van der Waals surface area contributed by atoms with Crippen LogP contribution in [0.25, 0.3) is 22.3 Å². The van der Waals surface area contributed by atoms with Crippen LogP contribution in [-0.2, 0) is 17.6 Å². The maximum atomic E-state index is 13.6. The Labute approximate surface area is 198 Å². The highest BCUT2D eigenvalue weighted by Crippen LogP contribution is 2.38. The lowest BCUT2D eigenvalue weighted by Gasteiger charge is -2.03. The van der Waals surface area contributed by atoms with Crippen molar-refractivity contribution in [1.29, 1.82) is 0 Å². The highest BCUT2D eigenvalue weighted by Gasteiger charge is 2.24. The molecule has 0 saturated heterocycles. The van der Waals surface area contributed by atoms with E-state index < -0.39 is 17.9 Å². The molecule has 6 rings (SSSR count). The summed E-state index contributed by atoms with van der Waals surface area (Å²) in [6, 6.07) is 13.7. The number of carboxylic acids is 1. The van der Waals surface area contributed by atoms with E-state index in [1.54, 1.807) is 36.4 Å². The average molecular weight is 472 g/mol. The second kappa shape index (κ2) is 8.72. The van der Waals surface area contributed by atoms with E-state index in [2.05, 4.69) is 14.7 Å². The topological polar surface area (TPSA) is 89.4 Å². The highest BCUT2D eigenvalue weighted by atomic mass is 19.1. The van der Waals surface area contributed by atoms with E-state index in [4.69, 9.17) is 5.11 Å². The largest absolute Gasteiger partial charge is 0.478 e. The molecule has 0 saturated carbocycles. The van der Waals surface area contributed by atoms with E-state index in [0.29, 0.717) is 29.5 Å². The number of halogens is 2. The van der Waals surface area contributed by atoms with E-state index >= 15 is 0 Å². The molecule has 1 N–H and O–H groups in total. The third kappa shape index (κ3) is 3.93. The summed E-state index contributed by atoms with van der Waals surface area (Å²) in [5.74, 6) is -2.27. The highest BCUT2D eigenvalue weighted by molar-refractivity contribution is 5.92. The fourth-order valence-corrected chi connectivity index (χ4v) is 4.54. The van der Waals surface area contributed by atoms with Gasteiger partial charge in [-0.2, -0.15) is 8.78 Å². The number of hydrogen-bond acceptors (Lipinski definition) is 5. The maximum Gasteiger partial charge on any atom is 0.337 e. The number of pyridine rings is 2. The molecule has 0 bridgehead atoms. The van der Waals surface area contributed by atoms with Gasteiger partial charge < -0.3 is 9.84 Å². The first kappa shape index (κ1) is 22.3. The molecule has 174 valence electrons. The Balaban J connectivity index is 0.000000145. The first-order chi connectivity index (χ1) is 16.9. The third-order valence-corrected chi connectivity index (χ3v) is 6.20. The van der Waals surface area contributed by atoms with Crippen LogP contribution in [0.4, 0.5) is 8.78 Å².